The molecule has 1 saturated heterocycles. The molecular weight excluding hydrogens is 224 g/mol. The Hall–Kier alpha value is -0.130. The molecule has 0 amide bonds. The molecule has 2 rings (SSSR count). The normalized spacial score (nSPS) is 37.0. The summed E-state index contributed by atoms with van der Waals surface area (Å²) < 4.78 is 23.5. The Bertz CT molecular complexity index is 342. The number of hydrogen-bond donors (Lipinski definition) is 1. The highest BCUT2D eigenvalue weighted by atomic mass is 32.2. The minimum absolute atomic E-state index is 0.153. The third kappa shape index (κ3) is 2.26. The van der Waals surface area contributed by atoms with Crippen molar-refractivity contribution in [2.75, 3.05) is 19.3 Å². The lowest BCUT2D eigenvalue weighted by molar-refractivity contribution is 0.187. The van der Waals surface area contributed by atoms with Gasteiger partial charge in [-0.25, -0.2) is 8.42 Å². The molecule has 94 valence electrons. The molecule has 1 heterocycles. The monoisotopic (exact) mass is 246 g/mol. The zero-order chi connectivity index (χ0) is 11.8. The highest BCUT2D eigenvalue weighted by molar-refractivity contribution is 7.91. The van der Waals surface area contributed by atoms with E-state index in [4.69, 9.17) is 5.73 Å². The van der Waals surface area contributed by atoms with Gasteiger partial charge in [-0.2, -0.15) is 0 Å². The molecule has 0 aromatic heterocycles. The van der Waals surface area contributed by atoms with Gasteiger partial charge < -0.3 is 5.73 Å². The number of rotatable bonds is 3. The van der Waals surface area contributed by atoms with Crippen LogP contribution in [0.5, 0.6) is 0 Å². The molecule has 0 bridgehead atoms. The maximum atomic E-state index is 11.7. The van der Waals surface area contributed by atoms with Crippen LogP contribution in [-0.4, -0.2) is 50.0 Å². The molecule has 16 heavy (non-hydrogen) atoms. The molecule has 3 atom stereocenters. The Morgan fingerprint density at radius 3 is 2.62 bits per heavy atom. The molecule has 5 heteroatoms. The Kier molecular flexibility index (Phi) is 3.56. The van der Waals surface area contributed by atoms with E-state index in [2.05, 4.69) is 4.90 Å². The fourth-order valence-electron chi connectivity index (χ4n) is 3.33. The van der Waals surface area contributed by atoms with Gasteiger partial charge in [-0.15, -0.1) is 0 Å². The molecule has 2 fully saturated rings. The Labute approximate surface area is 98.1 Å². The van der Waals surface area contributed by atoms with Crippen LogP contribution in [0.4, 0.5) is 0 Å². The van der Waals surface area contributed by atoms with Gasteiger partial charge in [-0.3, -0.25) is 4.90 Å². The first kappa shape index (κ1) is 12.3. The molecule has 1 saturated carbocycles. The largest absolute Gasteiger partial charge is 0.329 e. The van der Waals surface area contributed by atoms with Crippen LogP contribution in [0.15, 0.2) is 0 Å². The van der Waals surface area contributed by atoms with E-state index in [1.54, 1.807) is 0 Å². The van der Waals surface area contributed by atoms with E-state index >= 15 is 0 Å². The summed E-state index contributed by atoms with van der Waals surface area (Å²) in [4.78, 5) is 2.36. The second-order valence-corrected chi connectivity index (χ2v) is 7.40. The van der Waals surface area contributed by atoms with Gasteiger partial charge in [-0.05, 0) is 32.2 Å². The van der Waals surface area contributed by atoms with Crippen LogP contribution in [0.1, 0.15) is 32.1 Å². The predicted octanol–water partition coefficient (Wildman–Crippen LogP) is 0.375. The minimum atomic E-state index is -2.90. The maximum Gasteiger partial charge on any atom is 0.151 e. The lowest BCUT2D eigenvalue weighted by atomic mass is 10.1. The highest BCUT2D eigenvalue weighted by Gasteiger charge is 2.41. The van der Waals surface area contributed by atoms with E-state index in [9.17, 15) is 8.42 Å². The van der Waals surface area contributed by atoms with Gasteiger partial charge in [0.25, 0.3) is 0 Å². The molecule has 0 aromatic rings. The molecule has 1 aliphatic heterocycles. The van der Waals surface area contributed by atoms with Gasteiger partial charge in [-0.1, -0.05) is 6.42 Å². The van der Waals surface area contributed by atoms with E-state index < -0.39 is 9.84 Å². The van der Waals surface area contributed by atoms with Gasteiger partial charge in [0.15, 0.2) is 9.84 Å². The molecule has 0 spiro atoms. The second kappa shape index (κ2) is 4.63. The quantitative estimate of drug-likeness (QED) is 0.782. The van der Waals surface area contributed by atoms with Crippen molar-refractivity contribution >= 4 is 9.84 Å². The average molecular weight is 246 g/mol. The Balaban J connectivity index is 2.14. The van der Waals surface area contributed by atoms with Crippen molar-refractivity contribution in [3.63, 3.8) is 0 Å². The summed E-state index contributed by atoms with van der Waals surface area (Å²) in [6.45, 7) is 1.69. The summed E-state index contributed by atoms with van der Waals surface area (Å²) in [5, 5.41) is -0.153. The fraction of sp³-hybridized carbons (Fsp3) is 1.00. The average Bonchev–Trinajstić information content (AvgIpc) is 2.84. The lowest BCUT2D eigenvalue weighted by Crippen LogP contribution is -2.48. The maximum absolute atomic E-state index is 11.7. The van der Waals surface area contributed by atoms with Crippen LogP contribution < -0.4 is 5.73 Å². The molecule has 0 aromatic carbocycles. The smallest absolute Gasteiger partial charge is 0.151 e. The van der Waals surface area contributed by atoms with Crippen LogP contribution in [0.25, 0.3) is 0 Å². The van der Waals surface area contributed by atoms with Crippen molar-refractivity contribution in [3.8, 4) is 0 Å². The number of hydrogen-bond acceptors (Lipinski definition) is 4. The standard InChI is InChI=1S/C11H22N2O2S/c1-16(14,15)11-6-2-5-10(11)13-7-3-4-9(13)8-12/h9-11H,2-8,12H2,1H3. The predicted molar refractivity (Wildman–Crippen MR) is 65.1 cm³/mol. The first-order chi connectivity index (χ1) is 7.54. The Morgan fingerprint density at radius 1 is 1.25 bits per heavy atom. The van der Waals surface area contributed by atoms with Crippen LogP contribution in [0.2, 0.25) is 0 Å². The molecule has 1 aliphatic carbocycles. The van der Waals surface area contributed by atoms with E-state index in [1.165, 1.54) is 6.26 Å². The number of sulfone groups is 1. The topological polar surface area (TPSA) is 63.4 Å². The van der Waals surface area contributed by atoms with Crippen molar-refractivity contribution in [1.29, 1.82) is 0 Å². The van der Waals surface area contributed by atoms with E-state index in [0.29, 0.717) is 12.6 Å². The van der Waals surface area contributed by atoms with E-state index in [0.717, 1.165) is 38.6 Å². The highest BCUT2D eigenvalue weighted by Crippen LogP contribution is 2.33. The summed E-state index contributed by atoms with van der Waals surface area (Å²) in [6.07, 6.45) is 6.56. The molecule has 2 aliphatic rings. The van der Waals surface area contributed by atoms with Gasteiger partial charge in [0.2, 0.25) is 0 Å². The summed E-state index contributed by atoms with van der Waals surface area (Å²) in [5.41, 5.74) is 5.76. The van der Waals surface area contributed by atoms with Crippen LogP contribution >= 0.6 is 0 Å². The molecule has 0 radical (unpaired) electrons. The fourth-order valence-corrected chi connectivity index (χ4v) is 4.79. The number of likely N-dealkylation sites (tertiary alicyclic amines) is 1. The molecule has 3 unspecified atom stereocenters. The van der Waals surface area contributed by atoms with Crippen LogP contribution in [0.3, 0.4) is 0 Å². The zero-order valence-corrected chi connectivity index (χ0v) is 10.7. The van der Waals surface area contributed by atoms with Gasteiger partial charge >= 0.3 is 0 Å². The third-order valence-corrected chi connectivity index (χ3v) is 5.74. The first-order valence-corrected chi connectivity index (χ1v) is 8.14. The number of nitrogens with two attached hydrogens (primary N) is 1. The summed E-state index contributed by atoms with van der Waals surface area (Å²) in [6, 6.07) is 0.637. The summed E-state index contributed by atoms with van der Waals surface area (Å²) in [5.74, 6) is 0. The SMILES string of the molecule is CS(=O)(=O)C1CCCC1N1CCCC1CN. The van der Waals surface area contributed by atoms with Crippen molar-refractivity contribution < 1.29 is 8.42 Å². The van der Waals surface area contributed by atoms with Crippen LogP contribution in [0, 0.1) is 0 Å². The molecular formula is C11H22N2O2S. The minimum Gasteiger partial charge on any atom is -0.329 e. The summed E-state index contributed by atoms with van der Waals surface area (Å²) in [7, 11) is -2.90. The van der Waals surface area contributed by atoms with Gasteiger partial charge in [0, 0.05) is 24.9 Å². The molecule has 4 nitrogen and oxygen atoms in total. The van der Waals surface area contributed by atoms with Gasteiger partial charge in [0.05, 0.1) is 5.25 Å². The van der Waals surface area contributed by atoms with Crippen molar-refractivity contribution in [2.45, 2.75) is 49.4 Å². The van der Waals surface area contributed by atoms with Crippen molar-refractivity contribution in [3.05, 3.63) is 0 Å². The van der Waals surface area contributed by atoms with E-state index in [1.807, 2.05) is 0 Å². The third-order valence-electron chi connectivity index (χ3n) is 4.09. The molecule has 2 N–H and O–H groups in total. The second-order valence-electron chi connectivity index (χ2n) is 5.14. The zero-order valence-electron chi connectivity index (χ0n) is 9.93. The van der Waals surface area contributed by atoms with Crippen molar-refractivity contribution in [2.24, 2.45) is 5.73 Å². The summed E-state index contributed by atoms with van der Waals surface area (Å²) >= 11 is 0. The van der Waals surface area contributed by atoms with Crippen LogP contribution in [-0.2, 0) is 9.84 Å². The van der Waals surface area contributed by atoms with Crippen molar-refractivity contribution in [1.82, 2.24) is 4.90 Å². The van der Waals surface area contributed by atoms with E-state index in [-0.39, 0.29) is 11.3 Å². The lowest BCUT2D eigenvalue weighted by Gasteiger charge is -2.33. The van der Waals surface area contributed by atoms with Gasteiger partial charge in [0.1, 0.15) is 0 Å². The Morgan fingerprint density at radius 2 is 2.00 bits per heavy atom. The number of nitrogens with zero attached hydrogens (tertiary/aromatic N) is 1. The first-order valence-electron chi connectivity index (χ1n) is 6.18.